The van der Waals surface area contributed by atoms with Crippen molar-refractivity contribution < 1.29 is 4.79 Å². The Hall–Kier alpha value is -2.17. The number of thiocarbonyl (C=S) groups is 1. The lowest BCUT2D eigenvalue weighted by Gasteiger charge is -2.09. The van der Waals surface area contributed by atoms with E-state index < -0.39 is 0 Å². The quantitative estimate of drug-likeness (QED) is 0.361. The second-order valence-corrected chi connectivity index (χ2v) is 7.15. The van der Waals surface area contributed by atoms with Crippen molar-refractivity contribution in [1.82, 2.24) is 4.90 Å². The summed E-state index contributed by atoms with van der Waals surface area (Å²) in [7, 11) is 1.72. The number of hydrogen-bond donors (Lipinski definition) is 0. The lowest BCUT2D eigenvalue weighted by Crippen LogP contribution is -2.22. The van der Waals surface area contributed by atoms with E-state index in [0.29, 0.717) is 9.23 Å². The number of likely N-dealkylation sites (N-methyl/N-ethyl adjacent to an activating group) is 1. The molecule has 112 valence electrons. The average molecular weight is 335 g/mol. The summed E-state index contributed by atoms with van der Waals surface area (Å²) in [5.41, 5.74) is 1.08. The summed E-state index contributed by atoms with van der Waals surface area (Å²) >= 11 is 6.59. The third kappa shape index (κ3) is 2.35. The van der Waals surface area contributed by atoms with Crippen LogP contribution in [0.2, 0.25) is 0 Å². The third-order valence-corrected chi connectivity index (χ3v) is 5.56. The Morgan fingerprint density at radius 3 is 2.09 bits per heavy atom. The molecule has 4 heteroatoms. The van der Waals surface area contributed by atoms with Gasteiger partial charge < -0.3 is 0 Å². The number of carbonyl (C=O) groups is 1. The van der Waals surface area contributed by atoms with Crippen molar-refractivity contribution in [2.75, 3.05) is 7.05 Å². The van der Waals surface area contributed by atoms with E-state index in [9.17, 15) is 4.79 Å². The highest BCUT2D eigenvalue weighted by Crippen LogP contribution is 2.35. The van der Waals surface area contributed by atoms with Crippen LogP contribution in [0, 0.1) is 0 Å². The van der Waals surface area contributed by atoms with Crippen molar-refractivity contribution in [3.05, 3.63) is 65.1 Å². The number of hydrogen-bond acceptors (Lipinski definition) is 3. The smallest absolute Gasteiger partial charge is 0.265 e. The van der Waals surface area contributed by atoms with Gasteiger partial charge in [0.2, 0.25) is 0 Å². The standard InChI is InChI=1S/C19H13NOS2/c1-20-18(21)17(23-19(20)22)11-16-14-8-4-2-6-12(14)10-13-7-3-5-9-15(13)16/h2-11H,1H3/b17-11-. The van der Waals surface area contributed by atoms with Crippen LogP contribution in [0.25, 0.3) is 27.6 Å². The molecule has 1 aliphatic rings. The molecule has 3 aromatic rings. The Bertz CT molecular complexity index is 953. The maximum atomic E-state index is 12.3. The predicted molar refractivity (Wildman–Crippen MR) is 102 cm³/mol. The predicted octanol–water partition coefficient (Wildman–Crippen LogP) is 4.82. The number of nitrogens with zero attached hydrogens (tertiary/aromatic N) is 1. The Morgan fingerprint density at radius 1 is 1.00 bits per heavy atom. The molecule has 0 bridgehead atoms. The molecule has 1 heterocycles. The summed E-state index contributed by atoms with van der Waals surface area (Å²) in [5.74, 6) is -0.0305. The number of thioether (sulfide) groups is 1. The molecule has 0 N–H and O–H groups in total. The van der Waals surface area contributed by atoms with Crippen LogP contribution in [0.15, 0.2) is 59.5 Å². The van der Waals surface area contributed by atoms with Gasteiger partial charge in [0, 0.05) is 7.05 Å². The van der Waals surface area contributed by atoms with Gasteiger partial charge in [-0.25, -0.2) is 0 Å². The normalized spacial score (nSPS) is 16.9. The molecule has 1 fully saturated rings. The Labute approximate surface area is 143 Å². The number of rotatable bonds is 1. The molecule has 0 atom stereocenters. The van der Waals surface area contributed by atoms with E-state index in [1.165, 1.54) is 27.4 Å². The first kappa shape index (κ1) is 14.4. The van der Waals surface area contributed by atoms with Crippen LogP contribution >= 0.6 is 24.0 Å². The maximum Gasteiger partial charge on any atom is 0.265 e. The largest absolute Gasteiger partial charge is 0.296 e. The van der Waals surface area contributed by atoms with Crippen molar-refractivity contribution in [2.24, 2.45) is 0 Å². The van der Waals surface area contributed by atoms with Crippen molar-refractivity contribution in [3.63, 3.8) is 0 Å². The van der Waals surface area contributed by atoms with Gasteiger partial charge in [0.05, 0.1) is 4.91 Å². The molecule has 1 aliphatic heterocycles. The minimum absolute atomic E-state index is 0.0305. The van der Waals surface area contributed by atoms with E-state index in [1.807, 2.05) is 30.3 Å². The fraction of sp³-hybridized carbons (Fsp3) is 0.0526. The van der Waals surface area contributed by atoms with E-state index in [-0.39, 0.29) is 5.91 Å². The molecule has 0 saturated carbocycles. The number of fused-ring (bicyclic) bond motifs is 2. The average Bonchev–Trinajstić information content (AvgIpc) is 2.81. The minimum atomic E-state index is -0.0305. The number of amides is 1. The molecule has 4 rings (SSSR count). The molecule has 0 unspecified atom stereocenters. The maximum absolute atomic E-state index is 12.3. The lowest BCUT2D eigenvalue weighted by atomic mass is 9.96. The Kier molecular flexibility index (Phi) is 3.43. The molecule has 2 nitrogen and oxygen atoms in total. The Balaban J connectivity index is 2.04. The van der Waals surface area contributed by atoms with Crippen LogP contribution in [0.5, 0.6) is 0 Å². The Morgan fingerprint density at radius 2 is 1.57 bits per heavy atom. The fourth-order valence-corrected chi connectivity index (χ4v) is 4.04. The van der Waals surface area contributed by atoms with Gasteiger partial charge in [-0.2, -0.15) is 0 Å². The molecule has 0 aliphatic carbocycles. The molecule has 1 saturated heterocycles. The summed E-state index contributed by atoms with van der Waals surface area (Å²) in [4.78, 5) is 14.5. The first-order valence-electron chi connectivity index (χ1n) is 7.27. The molecule has 0 radical (unpaired) electrons. The van der Waals surface area contributed by atoms with Crippen LogP contribution in [0.1, 0.15) is 5.56 Å². The molecule has 1 amide bonds. The fourth-order valence-electron chi connectivity index (χ4n) is 2.88. The summed E-state index contributed by atoms with van der Waals surface area (Å²) in [6.07, 6.45) is 1.98. The second-order valence-electron chi connectivity index (χ2n) is 5.47. The van der Waals surface area contributed by atoms with Crippen molar-refractivity contribution >= 4 is 61.8 Å². The van der Waals surface area contributed by atoms with E-state index in [1.54, 1.807) is 7.05 Å². The molecule has 0 spiro atoms. The van der Waals surface area contributed by atoms with Gasteiger partial charge in [-0.3, -0.25) is 9.69 Å². The van der Waals surface area contributed by atoms with Crippen LogP contribution < -0.4 is 0 Å². The molecule has 0 aromatic heterocycles. The van der Waals surface area contributed by atoms with Gasteiger partial charge >= 0.3 is 0 Å². The number of benzene rings is 3. The zero-order valence-electron chi connectivity index (χ0n) is 12.4. The zero-order chi connectivity index (χ0) is 16.0. The van der Waals surface area contributed by atoms with E-state index in [4.69, 9.17) is 12.2 Å². The zero-order valence-corrected chi connectivity index (χ0v) is 14.1. The highest BCUT2D eigenvalue weighted by molar-refractivity contribution is 8.26. The van der Waals surface area contributed by atoms with Crippen molar-refractivity contribution in [1.29, 1.82) is 0 Å². The highest BCUT2D eigenvalue weighted by atomic mass is 32.2. The summed E-state index contributed by atoms with van der Waals surface area (Å²) < 4.78 is 0.603. The topological polar surface area (TPSA) is 20.3 Å². The second kappa shape index (κ2) is 5.48. The number of carbonyl (C=O) groups excluding carboxylic acids is 1. The minimum Gasteiger partial charge on any atom is -0.296 e. The van der Waals surface area contributed by atoms with E-state index >= 15 is 0 Å². The third-order valence-electron chi connectivity index (χ3n) is 4.07. The van der Waals surface area contributed by atoms with E-state index in [0.717, 1.165) is 16.3 Å². The van der Waals surface area contributed by atoms with Gasteiger partial charge in [-0.05, 0) is 39.3 Å². The first-order chi connectivity index (χ1) is 11.1. The van der Waals surface area contributed by atoms with Crippen molar-refractivity contribution in [2.45, 2.75) is 0 Å². The summed E-state index contributed by atoms with van der Waals surface area (Å²) in [6.45, 7) is 0. The highest BCUT2D eigenvalue weighted by Gasteiger charge is 2.29. The summed E-state index contributed by atoms with van der Waals surface area (Å²) in [6, 6.07) is 18.7. The van der Waals surface area contributed by atoms with Gasteiger partial charge in [-0.15, -0.1) is 0 Å². The molecule has 3 aromatic carbocycles. The molecule has 23 heavy (non-hydrogen) atoms. The SMILES string of the molecule is CN1C(=O)/C(=C/c2c3ccccc3cc3ccccc23)SC1=S. The van der Waals surface area contributed by atoms with Gasteiger partial charge in [-0.1, -0.05) is 72.5 Å². The van der Waals surface area contributed by atoms with Gasteiger partial charge in [0.15, 0.2) is 0 Å². The van der Waals surface area contributed by atoms with E-state index in [2.05, 4.69) is 30.3 Å². The van der Waals surface area contributed by atoms with Crippen LogP contribution in [0.3, 0.4) is 0 Å². The summed E-state index contributed by atoms with van der Waals surface area (Å²) in [5, 5.41) is 4.63. The van der Waals surface area contributed by atoms with Gasteiger partial charge in [0.25, 0.3) is 5.91 Å². The monoisotopic (exact) mass is 335 g/mol. The van der Waals surface area contributed by atoms with Gasteiger partial charge in [0.1, 0.15) is 4.32 Å². The van der Waals surface area contributed by atoms with Crippen LogP contribution in [-0.4, -0.2) is 22.2 Å². The van der Waals surface area contributed by atoms with Crippen LogP contribution in [-0.2, 0) is 4.79 Å². The van der Waals surface area contributed by atoms with Crippen LogP contribution in [0.4, 0.5) is 0 Å². The van der Waals surface area contributed by atoms with Crippen molar-refractivity contribution in [3.8, 4) is 0 Å². The first-order valence-corrected chi connectivity index (χ1v) is 8.50. The lowest BCUT2D eigenvalue weighted by molar-refractivity contribution is -0.121. The molecular formula is C19H13NOS2. The molecular weight excluding hydrogens is 322 g/mol.